The van der Waals surface area contributed by atoms with Crippen LogP contribution in [-0.2, 0) is 9.53 Å². The lowest BCUT2D eigenvalue weighted by Crippen LogP contribution is -2.56. The number of hydrogen-bond acceptors (Lipinski definition) is 4. The molecule has 0 aromatic heterocycles. The van der Waals surface area contributed by atoms with Crippen molar-refractivity contribution in [3.8, 4) is 11.8 Å². The van der Waals surface area contributed by atoms with E-state index in [1.807, 2.05) is 4.90 Å². The predicted octanol–water partition coefficient (Wildman–Crippen LogP) is 1.96. The van der Waals surface area contributed by atoms with Crippen LogP contribution in [0.25, 0.3) is 0 Å². The predicted molar refractivity (Wildman–Crippen MR) is 80.3 cm³/mol. The standard InChI is InChI=1S/C17H20N2O3/c18-9-13-1-4-15(5-2-13)22-16-10-19(11-16)17(20)6-3-14-7-8-21-12-14/h1-2,4-5,14,16H,3,6-8,10-12H2/t14-/m1/s1. The van der Waals surface area contributed by atoms with E-state index in [2.05, 4.69) is 6.07 Å². The summed E-state index contributed by atoms with van der Waals surface area (Å²) in [5, 5.41) is 8.75. The normalized spacial score (nSPS) is 21.2. The molecule has 0 N–H and O–H groups in total. The maximum absolute atomic E-state index is 12.1. The largest absolute Gasteiger partial charge is 0.487 e. The molecule has 0 radical (unpaired) electrons. The molecule has 116 valence electrons. The van der Waals surface area contributed by atoms with Crippen molar-refractivity contribution >= 4 is 5.91 Å². The fraction of sp³-hybridized carbons (Fsp3) is 0.529. The summed E-state index contributed by atoms with van der Waals surface area (Å²) < 4.78 is 11.1. The maximum atomic E-state index is 12.1. The fourth-order valence-electron chi connectivity index (χ4n) is 2.81. The first-order valence-corrected chi connectivity index (χ1v) is 7.77. The zero-order chi connectivity index (χ0) is 15.4. The van der Waals surface area contributed by atoms with Crippen molar-refractivity contribution in [2.75, 3.05) is 26.3 Å². The van der Waals surface area contributed by atoms with Gasteiger partial charge in [-0.25, -0.2) is 0 Å². The number of nitriles is 1. The Morgan fingerprint density at radius 3 is 2.77 bits per heavy atom. The Hall–Kier alpha value is -2.06. The number of carbonyl (C=O) groups is 1. The molecule has 1 amide bonds. The second-order valence-corrected chi connectivity index (χ2v) is 5.94. The van der Waals surface area contributed by atoms with Gasteiger partial charge >= 0.3 is 0 Å². The number of amides is 1. The van der Waals surface area contributed by atoms with Crippen molar-refractivity contribution in [1.82, 2.24) is 4.90 Å². The molecule has 1 atom stereocenters. The molecule has 0 bridgehead atoms. The molecule has 2 saturated heterocycles. The van der Waals surface area contributed by atoms with Gasteiger partial charge in [0.1, 0.15) is 11.9 Å². The van der Waals surface area contributed by atoms with Gasteiger partial charge in [-0.2, -0.15) is 5.26 Å². The minimum Gasteiger partial charge on any atom is -0.487 e. The van der Waals surface area contributed by atoms with E-state index in [-0.39, 0.29) is 12.0 Å². The van der Waals surface area contributed by atoms with E-state index in [0.29, 0.717) is 31.0 Å². The van der Waals surface area contributed by atoms with Crippen molar-refractivity contribution in [3.63, 3.8) is 0 Å². The Kier molecular flexibility index (Phi) is 4.59. The van der Waals surface area contributed by atoms with Crippen molar-refractivity contribution < 1.29 is 14.3 Å². The molecular weight excluding hydrogens is 280 g/mol. The molecule has 2 aliphatic heterocycles. The first-order chi connectivity index (χ1) is 10.7. The molecular formula is C17H20N2O3. The van der Waals surface area contributed by atoms with Gasteiger partial charge in [-0.05, 0) is 43.0 Å². The third-order valence-corrected chi connectivity index (χ3v) is 4.28. The highest BCUT2D eigenvalue weighted by Gasteiger charge is 2.32. The Morgan fingerprint density at radius 2 is 2.14 bits per heavy atom. The quantitative estimate of drug-likeness (QED) is 0.834. The average molecular weight is 300 g/mol. The minimum absolute atomic E-state index is 0.0618. The number of nitrogens with zero attached hydrogens (tertiary/aromatic N) is 2. The van der Waals surface area contributed by atoms with Crippen LogP contribution in [0.1, 0.15) is 24.8 Å². The summed E-state index contributed by atoms with van der Waals surface area (Å²) in [5.74, 6) is 1.52. The summed E-state index contributed by atoms with van der Waals surface area (Å²) in [6, 6.07) is 9.14. The molecule has 5 heteroatoms. The number of rotatable bonds is 5. The van der Waals surface area contributed by atoms with E-state index in [1.54, 1.807) is 24.3 Å². The summed E-state index contributed by atoms with van der Waals surface area (Å²) in [5.41, 5.74) is 0.619. The number of benzene rings is 1. The smallest absolute Gasteiger partial charge is 0.222 e. The van der Waals surface area contributed by atoms with Crippen LogP contribution in [0.5, 0.6) is 5.75 Å². The molecule has 0 spiro atoms. The lowest BCUT2D eigenvalue weighted by Gasteiger charge is -2.39. The Labute approximate surface area is 130 Å². The van der Waals surface area contributed by atoms with Crippen molar-refractivity contribution in [2.24, 2.45) is 5.92 Å². The molecule has 1 aromatic carbocycles. The van der Waals surface area contributed by atoms with Gasteiger partial charge in [-0.3, -0.25) is 4.79 Å². The van der Waals surface area contributed by atoms with Gasteiger partial charge in [0.25, 0.3) is 0 Å². The zero-order valence-corrected chi connectivity index (χ0v) is 12.5. The van der Waals surface area contributed by atoms with E-state index >= 15 is 0 Å². The van der Waals surface area contributed by atoms with Crippen molar-refractivity contribution in [1.29, 1.82) is 5.26 Å². The first-order valence-electron chi connectivity index (χ1n) is 7.77. The summed E-state index contributed by atoms with van der Waals surface area (Å²) in [6.45, 7) is 2.95. The third kappa shape index (κ3) is 3.58. The maximum Gasteiger partial charge on any atom is 0.222 e. The third-order valence-electron chi connectivity index (χ3n) is 4.28. The summed E-state index contributed by atoms with van der Waals surface area (Å²) in [4.78, 5) is 13.9. The van der Waals surface area contributed by atoms with Crippen LogP contribution in [0, 0.1) is 17.2 Å². The molecule has 1 aromatic rings. The highest BCUT2D eigenvalue weighted by atomic mass is 16.5. The van der Waals surface area contributed by atoms with Crippen LogP contribution in [0.2, 0.25) is 0 Å². The van der Waals surface area contributed by atoms with Crippen LogP contribution in [0.3, 0.4) is 0 Å². The number of likely N-dealkylation sites (tertiary alicyclic amines) is 1. The molecule has 2 fully saturated rings. The lowest BCUT2D eigenvalue weighted by molar-refractivity contribution is -0.140. The Balaban J connectivity index is 1.37. The number of hydrogen-bond donors (Lipinski definition) is 0. The van der Waals surface area contributed by atoms with Gasteiger partial charge in [0.15, 0.2) is 0 Å². The fourth-order valence-corrected chi connectivity index (χ4v) is 2.81. The van der Waals surface area contributed by atoms with Gasteiger partial charge in [-0.1, -0.05) is 0 Å². The monoisotopic (exact) mass is 300 g/mol. The lowest BCUT2D eigenvalue weighted by atomic mass is 10.0. The average Bonchev–Trinajstić information content (AvgIpc) is 3.02. The van der Waals surface area contributed by atoms with Crippen LogP contribution in [0.15, 0.2) is 24.3 Å². The molecule has 3 rings (SSSR count). The second kappa shape index (κ2) is 6.80. The number of ether oxygens (including phenoxy) is 2. The van der Waals surface area contributed by atoms with Crippen LogP contribution < -0.4 is 4.74 Å². The van der Waals surface area contributed by atoms with Gasteiger partial charge in [0.2, 0.25) is 5.91 Å². The Morgan fingerprint density at radius 1 is 1.36 bits per heavy atom. The topological polar surface area (TPSA) is 62.6 Å². The van der Waals surface area contributed by atoms with Crippen LogP contribution >= 0.6 is 0 Å². The molecule has 2 aliphatic rings. The van der Waals surface area contributed by atoms with Crippen LogP contribution in [-0.4, -0.2) is 43.2 Å². The van der Waals surface area contributed by atoms with Crippen LogP contribution in [0.4, 0.5) is 0 Å². The minimum atomic E-state index is 0.0618. The number of carbonyl (C=O) groups excluding carboxylic acids is 1. The van der Waals surface area contributed by atoms with Gasteiger partial charge in [0.05, 0.1) is 24.7 Å². The molecule has 0 unspecified atom stereocenters. The van der Waals surface area contributed by atoms with E-state index in [4.69, 9.17) is 14.7 Å². The molecule has 5 nitrogen and oxygen atoms in total. The SMILES string of the molecule is N#Cc1ccc(OC2CN(C(=O)CC[C@@H]3CCOC3)C2)cc1. The molecule has 22 heavy (non-hydrogen) atoms. The zero-order valence-electron chi connectivity index (χ0n) is 12.5. The molecule has 0 aliphatic carbocycles. The summed E-state index contributed by atoms with van der Waals surface area (Å²) in [6.07, 6.45) is 2.68. The van der Waals surface area contributed by atoms with Gasteiger partial charge in [-0.15, -0.1) is 0 Å². The first kappa shape index (κ1) is 14.9. The Bertz CT molecular complexity index is 552. The summed E-state index contributed by atoms with van der Waals surface area (Å²) >= 11 is 0. The van der Waals surface area contributed by atoms with E-state index in [1.165, 1.54) is 0 Å². The van der Waals surface area contributed by atoms with E-state index < -0.39 is 0 Å². The highest BCUT2D eigenvalue weighted by Crippen LogP contribution is 2.22. The van der Waals surface area contributed by atoms with Crippen molar-refractivity contribution in [2.45, 2.75) is 25.4 Å². The molecule has 0 saturated carbocycles. The molecule has 2 heterocycles. The van der Waals surface area contributed by atoms with Crippen molar-refractivity contribution in [3.05, 3.63) is 29.8 Å². The van der Waals surface area contributed by atoms with E-state index in [0.717, 1.165) is 31.8 Å². The van der Waals surface area contributed by atoms with Gasteiger partial charge in [0, 0.05) is 19.6 Å². The highest BCUT2D eigenvalue weighted by molar-refractivity contribution is 5.77. The summed E-state index contributed by atoms with van der Waals surface area (Å²) in [7, 11) is 0. The van der Waals surface area contributed by atoms with Gasteiger partial charge < -0.3 is 14.4 Å². The second-order valence-electron chi connectivity index (χ2n) is 5.94. The van der Waals surface area contributed by atoms with E-state index in [9.17, 15) is 4.79 Å².